The van der Waals surface area contributed by atoms with E-state index >= 15 is 0 Å². The predicted molar refractivity (Wildman–Crippen MR) is 190 cm³/mol. The van der Waals surface area contributed by atoms with Crippen LogP contribution in [0, 0.1) is 5.92 Å². The summed E-state index contributed by atoms with van der Waals surface area (Å²) < 4.78 is 5.78. The molecule has 0 fully saturated rings. The van der Waals surface area contributed by atoms with Crippen LogP contribution in [0.3, 0.4) is 0 Å². The van der Waals surface area contributed by atoms with Crippen LogP contribution in [0.2, 0.25) is 0 Å². The van der Waals surface area contributed by atoms with Crippen molar-refractivity contribution < 1.29 is 49.8 Å². The minimum atomic E-state index is -1.18. The lowest BCUT2D eigenvalue weighted by Gasteiger charge is -2.21. The number of ketones is 2. The first-order valence-corrected chi connectivity index (χ1v) is 17.9. The van der Waals surface area contributed by atoms with Crippen LogP contribution in [0.15, 0.2) is 60.3 Å². The van der Waals surface area contributed by atoms with E-state index in [-0.39, 0.29) is 68.7 Å². The van der Waals surface area contributed by atoms with Crippen LogP contribution in [0.5, 0.6) is 0 Å². The van der Waals surface area contributed by atoms with Crippen molar-refractivity contribution in [3.05, 3.63) is 60.3 Å². The fraction of sp³-hybridized carbons (Fsp3) is 0.667. The van der Waals surface area contributed by atoms with E-state index in [1.165, 1.54) is 0 Å². The molecule has 0 aromatic heterocycles. The normalized spacial score (nSPS) is 30.2. The second-order valence-electron chi connectivity index (χ2n) is 13.7. The number of aliphatic hydroxyl groups excluding tert-OH is 6. The standard InChI is InChI=1S/C39H62O10/c1-28(2)38-20-16-12-8-11-15-19-31(41)22-33(43)24-35(45)26-37(47)27-36(46)25-34(44)23-32(42)21-30(40)18-14-10-7-5-4-6-9-13-17-29(3)39(48)49-38/h4-7,9-10,13-14,17,28,30,32-36,38,40,42-46H,8,11-12,15-16,18-27H2,1-3H3. The zero-order valence-electron chi connectivity index (χ0n) is 29.7. The maximum Gasteiger partial charge on any atom is 0.333 e. The molecule has 0 amide bonds. The van der Waals surface area contributed by atoms with E-state index < -0.39 is 42.4 Å². The number of cyclic esters (lactones) is 1. The Morgan fingerprint density at radius 1 is 0.592 bits per heavy atom. The number of allylic oxidation sites excluding steroid dienone is 8. The molecule has 1 rings (SSSR count). The van der Waals surface area contributed by atoms with Crippen LogP contribution in [0.1, 0.15) is 117 Å². The van der Waals surface area contributed by atoms with Crippen LogP contribution >= 0.6 is 0 Å². The van der Waals surface area contributed by atoms with Crippen molar-refractivity contribution in [1.82, 2.24) is 0 Å². The van der Waals surface area contributed by atoms with Gasteiger partial charge < -0.3 is 35.4 Å². The number of esters is 1. The molecule has 0 radical (unpaired) electrons. The van der Waals surface area contributed by atoms with E-state index in [4.69, 9.17) is 4.74 Å². The SMILES string of the molecule is CC1=CC=CC=CC=CC=CCC(O)CC(O)CC(O)CC(O)CC(=O)CC(O)CC(O)CC(=O)CCCCCCCC(C(C)C)OC1=O. The second kappa shape index (κ2) is 26.1. The number of hydrogen-bond donors (Lipinski definition) is 6. The van der Waals surface area contributed by atoms with Crippen molar-refractivity contribution in [2.24, 2.45) is 5.92 Å². The second-order valence-corrected chi connectivity index (χ2v) is 13.7. The maximum atomic E-state index is 12.6. The first kappa shape index (κ1) is 44.3. The Balaban J connectivity index is 2.80. The smallest absolute Gasteiger partial charge is 0.333 e. The zero-order valence-corrected chi connectivity index (χ0v) is 29.7. The van der Waals surface area contributed by atoms with E-state index in [9.17, 15) is 45.0 Å². The topological polar surface area (TPSA) is 182 Å². The number of hydrogen-bond acceptors (Lipinski definition) is 10. The van der Waals surface area contributed by atoms with Crippen molar-refractivity contribution in [3.8, 4) is 0 Å². The number of rotatable bonds is 1. The summed E-state index contributed by atoms with van der Waals surface area (Å²) in [6.45, 7) is 5.79. The van der Waals surface area contributed by atoms with Gasteiger partial charge in [0.1, 0.15) is 17.7 Å². The van der Waals surface area contributed by atoms with E-state index in [0.717, 1.165) is 32.1 Å². The molecule has 1 heterocycles. The summed E-state index contributed by atoms with van der Waals surface area (Å²) in [6, 6.07) is 0. The number of carbonyl (C=O) groups excluding carboxylic acids is 3. The third-order valence-electron chi connectivity index (χ3n) is 8.39. The first-order chi connectivity index (χ1) is 23.3. The van der Waals surface area contributed by atoms with Gasteiger partial charge in [-0.1, -0.05) is 87.8 Å². The lowest BCUT2D eigenvalue weighted by molar-refractivity contribution is -0.146. The third-order valence-corrected chi connectivity index (χ3v) is 8.39. The van der Waals surface area contributed by atoms with E-state index in [0.29, 0.717) is 24.8 Å². The summed E-state index contributed by atoms with van der Waals surface area (Å²) >= 11 is 0. The Morgan fingerprint density at radius 2 is 1.06 bits per heavy atom. The van der Waals surface area contributed by atoms with E-state index in [1.807, 2.05) is 32.1 Å². The molecule has 49 heavy (non-hydrogen) atoms. The molecular weight excluding hydrogens is 628 g/mol. The molecule has 7 atom stereocenters. The predicted octanol–water partition coefficient (Wildman–Crippen LogP) is 4.89. The van der Waals surface area contributed by atoms with Gasteiger partial charge in [-0.15, -0.1) is 0 Å². The lowest BCUT2D eigenvalue weighted by Crippen LogP contribution is -2.28. The fourth-order valence-corrected chi connectivity index (χ4v) is 5.63. The number of Topliss-reactive ketones (excluding diaryl/α,β-unsaturated/α-hetero) is 2. The Labute approximate surface area is 293 Å². The highest BCUT2D eigenvalue weighted by Crippen LogP contribution is 2.19. The molecule has 10 nitrogen and oxygen atoms in total. The highest BCUT2D eigenvalue weighted by Gasteiger charge is 2.23. The summed E-state index contributed by atoms with van der Waals surface area (Å²) in [7, 11) is 0. The van der Waals surface area contributed by atoms with Gasteiger partial charge in [-0.3, -0.25) is 9.59 Å². The molecule has 0 saturated heterocycles. The Hall–Kier alpha value is -2.73. The molecule has 6 N–H and O–H groups in total. The summed E-state index contributed by atoms with van der Waals surface area (Å²) in [5, 5.41) is 61.5. The van der Waals surface area contributed by atoms with Gasteiger partial charge in [-0.05, 0) is 57.8 Å². The minimum absolute atomic E-state index is 0.0282. The van der Waals surface area contributed by atoms with Crippen LogP contribution in [-0.2, 0) is 19.1 Å². The van der Waals surface area contributed by atoms with Gasteiger partial charge in [0.25, 0.3) is 0 Å². The number of aliphatic hydroxyl groups is 6. The number of ether oxygens (including phenoxy) is 1. The van der Waals surface area contributed by atoms with Crippen molar-refractivity contribution >= 4 is 17.5 Å². The molecular formula is C39H62O10. The summed E-state index contributed by atoms with van der Waals surface area (Å²) in [6.07, 6.45) is 14.2. The van der Waals surface area contributed by atoms with Crippen molar-refractivity contribution in [2.75, 3.05) is 0 Å². The van der Waals surface area contributed by atoms with Gasteiger partial charge in [-0.2, -0.15) is 0 Å². The van der Waals surface area contributed by atoms with Crippen molar-refractivity contribution in [3.63, 3.8) is 0 Å². The fourth-order valence-electron chi connectivity index (χ4n) is 5.63. The largest absolute Gasteiger partial charge is 0.459 e. The van der Waals surface area contributed by atoms with Gasteiger partial charge in [0.2, 0.25) is 0 Å². The molecule has 278 valence electrons. The minimum Gasteiger partial charge on any atom is -0.459 e. The molecule has 0 aromatic rings. The highest BCUT2D eigenvalue weighted by molar-refractivity contribution is 5.88. The highest BCUT2D eigenvalue weighted by atomic mass is 16.5. The van der Waals surface area contributed by atoms with E-state index in [2.05, 4.69) is 0 Å². The summed E-state index contributed by atoms with van der Waals surface area (Å²) in [5.74, 6) is -0.714. The Bertz CT molecular complexity index is 1110. The average Bonchev–Trinajstić information content (AvgIpc) is 2.99. The molecule has 7 unspecified atom stereocenters. The monoisotopic (exact) mass is 690 g/mol. The van der Waals surface area contributed by atoms with Gasteiger partial charge in [-0.25, -0.2) is 4.79 Å². The van der Waals surface area contributed by atoms with Gasteiger partial charge in [0.15, 0.2) is 0 Å². The van der Waals surface area contributed by atoms with Crippen LogP contribution in [-0.4, -0.2) is 90.9 Å². The molecule has 10 heteroatoms. The van der Waals surface area contributed by atoms with Crippen molar-refractivity contribution in [1.29, 1.82) is 0 Å². The van der Waals surface area contributed by atoms with Crippen LogP contribution < -0.4 is 0 Å². The zero-order chi connectivity index (χ0) is 36.6. The van der Waals surface area contributed by atoms with Gasteiger partial charge >= 0.3 is 5.97 Å². The van der Waals surface area contributed by atoms with Crippen molar-refractivity contribution in [2.45, 2.75) is 160 Å². The third kappa shape index (κ3) is 23.3. The number of carbonyl (C=O) groups is 3. The van der Waals surface area contributed by atoms with Gasteiger partial charge in [0.05, 0.1) is 36.6 Å². The molecule has 0 aromatic carbocycles. The molecule has 0 saturated carbocycles. The maximum absolute atomic E-state index is 12.6. The molecule has 0 bridgehead atoms. The van der Waals surface area contributed by atoms with Crippen LogP contribution in [0.4, 0.5) is 0 Å². The molecule has 0 aliphatic carbocycles. The van der Waals surface area contributed by atoms with Gasteiger partial charge in [0, 0.05) is 37.7 Å². The summed E-state index contributed by atoms with van der Waals surface area (Å²) in [4.78, 5) is 37.3. The van der Waals surface area contributed by atoms with E-state index in [1.54, 1.807) is 43.4 Å². The lowest BCUT2D eigenvalue weighted by atomic mass is 9.96. The first-order valence-electron chi connectivity index (χ1n) is 17.9. The molecule has 0 spiro atoms. The molecule has 1 aliphatic rings. The quantitative estimate of drug-likeness (QED) is 0.207. The Morgan fingerprint density at radius 3 is 1.67 bits per heavy atom. The molecule has 1 aliphatic heterocycles. The van der Waals surface area contributed by atoms with Crippen LogP contribution in [0.25, 0.3) is 0 Å². The Kier molecular flexibility index (Phi) is 23.6. The summed E-state index contributed by atoms with van der Waals surface area (Å²) in [5.41, 5.74) is 0.505. The average molecular weight is 691 g/mol.